The molecule has 5 nitrogen and oxygen atoms in total. The molecule has 0 aliphatic rings. The second-order valence-electron chi connectivity index (χ2n) is 4.87. The van der Waals surface area contributed by atoms with Crippen molar-refractivity contribution in [2.75, 3.05) is 7.11 Å². The average molecular weight is 308 g/mol. The van der Waals surface area contributed by atoms with Crippen LogP contribution >= 0.6 is 11.6 Å². The molecule has 0 aliphatic heterocycles. The Kier molecular flexibility index (Phi) is 4.96. The van der Waals surface area contributed by atoms with E-state index in [1.807, 2.05) is 12.1 Å². The lowest BCUT2D eigenvalue weighted by molar-refractivity contribution is 0.0595. The Labute approximate surface area is 128 Å². The molecule has 0 spiro atoms. The molecule has 0 radical (unpaired) electrons. The van der Waals surface area contributed by atoms with E-state index in [9.17, 15) is 4.79 Å². The number of carbonyl (C=O) groups is 1. The zero-order valence-corrected chi connectivity index (χ0v) is 13.1. The van der Waals surface area contributed by atoms with Crippen LogP contribution in [0, 0.1) is 0 Å². The number of aromatic nitrogens is 3. The molecule has 0 saturated heterocycles. The first-order valence-corrected chi connectivity index (χ1v) is 7.25. The van der Waals surface area contributed by atoms with E-state index in [4.69, 9.17) is 16.3 Å². The topological polar surface area (TPSA) is 57.0 Å². The van der Waals surface area contributed by atoms with Gasteiger partial charge in [0.15, 0.2) is 5.69 Å². The van der Waals surface area contributed by atoms with Crippen LogP contribution < -0.4 is 0 Å². The van der Waals surface area contributed by atoms with Gasteiger partial charge in [-0.3, -0.25) is 0 Å². The van der Waals surface area contributed by atoms with E-state index in [1.165, 1.54) is 7.11 Å². The van der Waals surface area contributed by atoms with Gasteiger partial charge in [0, 0.05) is 10.6 Å². The summed E-state index contributed by atoms with van der Waals surface area (Å²) in [5.41, 5.74) is 1.73. The molecule has 112 valence electrons. The second-order valence-corrected chi connectivity index (χ2v) is 5.30. The van der Waals surface area contributed by atoms with Gasteiger partial charge in [0.1, 0.15) is 5.69 Å². The SMILES string of the molecule is CCCC(C)n1nnc(C(=O)OC)c1-c1ccc(Cl)cc1. The first-order valence-electron chi connectivity index (χ1n) is 6.87. The number of hydrogen-bond donors (Lipinski definition) is 0. The van der Waals surface area contributed by atoms with Gasteiger partial charge >= 0.3 is 5.97 Å². The normalized spacial score (nSPS) is 12.2. The van der Waals surface area contributed by atoms with Crippen molar-refractivity contribution in [1.29, 1.82) is 0 Å². The summed E-state index contributed by atoms with van der Waals surface area (Å²) in [5, 5.41) is 8.77. The highest BCUT2D eigenvalue weighted by Crippen LogP contribution is 2.28. The summed E-state index contributed by atoms with van der Waals surface area (Å²) in [6, 6.07) is 7.40. The summed E-state index contributed by atoms with van der Waals surface area (Å²) in [6.45, 7) is 4.16. The van der Waals surface area contributed by atoms with Crippen LogP contribution in [0.1, 0.15) is 43.2 Å². The summed E-state index contributed by atoms with van der Waals surface area (Å²) in [5.74, 6) is -0.491. The van der Waals surface area contributed by atoms with Gasteiger partial charge in [-0.05, 0) is 25.5 Å². The average Bonchev–Trinajstić information content (AvgIpc) is 2.92. The summed E-state index contributed by atoms with van der Waals surface area (Å²) in [7, 11) is 1.34. The lowest BCUT2D eigenvalue weighted by atomic mass is 10.1. The van der Waals surface area contributed by atoms with Crippen molar-refractivity contribution in [2.24, 2.45) is 0 Å². The minimum atomic E-state index is -0.491. The molecule has 0 amide bonds. The largest absolute Gasteiger partial charge is 0.464 e. The van der Waals surface area contributed by atoms with Gasteiger partial charge in [0.2, 0.25) is 0 Å². The number of carbonyl (C=O) groups excluding carboxylic acids is 1. The number of rotatable bonds is 5. The molecule has 2 aromatic rings. The zero-order chi connectivity index (χ0) is 15.4. The van der Waals surface area contributed by atoms with Crippen molar-refractivity contribution in [3.8, 4) is 11.3 Å². The first kappa shape index (κ1) is 15.5. The van der Waals surface area contributed by atoms with Crippen LogP contribution in [-0.4, -0.2) is 28.1 Å². The van der Waals surface area contributed by atoms with E-state index < -0.39 is 5.97 Å². The van der Waals surface area contributed by atoms with Crippen molar-refractivity contribution >= 4 is 17.6 Å². The number of hydrogen-bond acceptors (Lipinski definition) is 4. The Hall–Kier alpha value is -1.88. The number of halogens is 1. The molecule has 0 fully saturated rings. The van der Waals surface area contributed by atoms with Gasteiger partial charge < -0.3 is 4.74 Å². The van der Waals surface area contributed by atoms with Crippen LogP contribution in [0.4, 0.5) is 0 Å². The van der Waals surface area contributed by atoms with Crippen LogP contribution in [0.5, 0.6) is 0 Å². The number of benzene rings is 1. The fraction of sp³-hybridized carbons (Fsp3) is 0.400. The molecule has 6 heteroatoms. The van der Waals surface area contributed by atoms with E-state index in [-0.39, 0.29) is 11.7 Å². The molecule has 1 heterocycles. The predicted molar refractivity (Wildman–Crippen MR) is 81.4 cm³/mol. The van der Waals surface area contributed by atoms with Crippen LogP contribution in [0.15, 0.2) is 24.3 Å². The molecule has 21 heavy (non-hydrogen) atoms. The van der Waals surface area contributed by atoms with Gasteiger partial charge in [0.05, 0.1) is 13.2 Å². The van der Waals surface area contributed by atoms with Gasteiger partial charge in [-0.1, -0.05) is 42.3 Å². The quantitative estimate of drug-likeness (QED) is 0.789. The Morgan fingerprint density at radius 2 is 2.05 bits per heavy atom. The fourth-order valence-corrected chi connectivity index (χ4v) is 2.38. The van der Waals surface area contributed by atoms with E-state index in [0.717, 1.165) is 18.4 Å². The molecule has 2 rings (SSSR count). The number of methoxy groups -OCH3 is 1. The molecule has 1 aromatic carbocycles. The lowest BCUT2D eigenvalue weighted by Crippen LogP contribution is -2.10. The van der Waals surface area contributed by atoms with Gasteiger partial charge in [-0.15, -0.1) is 5.10 Å². The van der Waals surface area contributed by atoms with Gasteiger partial charge in [-0.25, -0.2) is 9.48 Å². The highest BCUT2D eigenvalue weighted by molar-refractivity contribution is 6.30. The van der Waals surface area contributed by atoms with Crippen molar-refractivity contribution in [3.63, 3.8) is 0 Å². The Bertz CT molecular complexity index is 622. The lowest BCUT2D eigenvalue weighted by Gasteiger charge is -2.14. The van der Waals surface area contributed by atoms with E-state index in [0.29, 0.717) is 10.7 Å². The van der Waals surface area contributed by atoms with Crippen molar-refractivity contribution in [1.82, 2.24) is 15.0 Å². The summed E-state index contributed by atoms with van der Waals surface area (Å²) in [4.78, 5) is 11.9. The van der Waals surface area contributed by atoms with Crippen LogP contribution in [0.2, 0.25) is 5.02 Å². The molecule has 1 atom stereocenters. The van der Waals surface area contributed by atoms with Crippen LogP contribution in [0.3, 0.4) is 0 Å². The number of nitrogens with zero attached hydrogens (tertiary/aromatic N) is 3. The number of ether oxygens (including phenoxy) is 1. The maximum atomic E-state index is 11.9. The van der Waals surface area contributed by atoms with Crippen LogP contribution in [-0.2, 0) is 4.74 Å². The van der Waals surface area contributed by atoms with Gasteiger partial charge in [-0.2, -0.15) is 0 Å². The maximum Gasteiger partial charge on any atom is 0.360 e. The summed E-state index contributed by atoms with van der Waals surface area (Å²) < 4.78 is 6.57. The Morgan fingerprint density at radius 3 is 2.62 bits per heavy atom. The van der Waals surface area contributed by atoms with E-state index in [1.54, 1.807) is 16.8 Å². The number of esters is 1. The third-order valence-corrected chi connectivity index (χ3v) is 3.57. The molecule has 0 N–H and O–H groups in total. The third kappa shape index (κ3) is 3.24. The van der Waals surface area contributed by atoms with Crippen LogP contribution in [0.25, 0.3) is 11.3 Å². The highest BCUT2D eigenvalue weighted by Gasteiger charge is 2.23. The molecular formula is C15H18ClN3O2. The van der Waals surface area contributed by atoms with E-state index >= 15 is 0 Å². The minimum absolute atomic E-state index is 0.145. The van der Waals surface area contributed by atoms with Crippen molar-refractivity contribution in [3.05, 3.63) is 35.0 Å². The second kappa shape index (κ2) is 6.72. The van der Waals surface area contributed by atoms with Gasteiger partial charge in [0.25, 0.3) is 0 Å². The molecule has 1 aromatic heterocycles. The molecule has 0 aliphatic carbocycles. The summed E-state index contributed by atoms with van der Waals surface area (Å²) >= 11 is 5.93. The fourth-order valence-electron chi connectivity index (χ4n) is 2.25. The molecule has 1 unspecified atom stereocenters. The monoisotopic (exact) mass is 307 g/mol. The molecular weight excluding hydrogens is 290 g/mol. The Morgan fingerprint density at radius 1 is 1.38 bits per heavy atom. The zero-order valence-electron chi connectivity index (χ0n) is 12.3. The summed E-state index contributed by atoms with van der Waals surface area (Å²) in [6.07, 6.45) is 1.97. The molecule has 0 saturated carbocycles. The minimum Gasteiger partial charge on any atom is -0.464 e. The first-order chi connectivity index (χ1) is 10.1. The molecule has 0 bridgehead atoms. The van der Waals surface area contributed by atoms with Crippen molar-refractivity contribution < 1.29 is 9.53 Å². The van der Waals surface area contributed by atoms with Crippen molar-refractivity contribution in [2.45, 2.75) is 32.7 Å². The third-order valence-electron chi connectivity index (χ3n) is 3.31. The highest BCUT2D eigenvalue weighted by atomic mass is 35.5. The Balaban J connectivity index is 2.55. The standard InChI is InChI=1S/C15H18ClN3O2/c1-4-5-10(2)19-14(11-6-8-12(16)9-7-11)13(17-18-19)15(20)21-3/h6-10H,4-5H2,1-3H3. The maximum absolute atomic E-state index is 11.9. The predicted octanol–water partition coefficient (Wildman–Crippen LogP) is 3.75. The van der Waals surface area contributed by atoms with E-state index in [2.05, 4.69) is 24.2 Å². The smallest absolute Gasteiger partial charge is 0.360 e.